The van der Waals surface area contributed by atoms with Crippen molar-refractivity contribution in [2.24, 2.45) is 0 Å². The van der Waals surface area contributed by atoms with Gasteiger partial charge in [0.15, 0.2) is 0 Å². The zero-order valence-electron chi connectivity index (χ0n) is 10.9. The van der Waals surface area contributed by atoms with E-state index in [9.17, 15) is 14.4 Å². The van der Waals surface area contributed by atoms with Crippen molar-refractivity contribution >= 4 is 33.7 Å². The molecule has 2 N–H and O–H groups in total. The summed E-state index contributed by atoms with van der Waals surface area (Å²) in [7, 11) is 2.68. The molecule has 0 heterocycles. The summed E-state index contributed by atoms with van der Waals surface area (Å²) in [5, 5.41) is 0. The molecule has 0 spiro atoms. The SMILES string of the molecule is COC(=O)CC(=O)NNC(=O)c1ccc(OC)c(Br)c1. The van der Waals surface area contributed by atoms with Crippen molar-refractivity contribution in [1.82, 2.24) is 10.9 Å². The Morgan fingerprint density at radius 3 is 2.45 bits per heavy atom. The van der Waals surface area contributed by atoms with E-state index >= 15 is 0 Å². The number of methoxy groups -OCH3 is 2. The van der Waals surface area contributed by atoms with Gasteiger partial charge in [0.25, 0.3) is 5.91 Å². The number of carbonyl (C=O) groups excluding carboxylic acids is 3. The third kappa shape index (κ3) is 4.54. The molecule has 0 aliphatic heterocycles. The van der Waals surface area contributed by atoms with E-state index in [1.54, 1.807) is 12.1 Å². The highest BCUT2D eigenvalue weighted by Crippen LogP contribution is 2.25. The summed E-state index contributed by atoms with van der Waals surface area (Å²) in [5.41, 5.74) is 4.61. The Bertz CT molecular complexity index is 533. The number of carbonyl (C=O) groups is 3. The fourth-order valence-electron chi connectivity index (χ4n) is 1.25. The number of hydrazine groups is 1. The van der Waals surface area contributed by atoms with Crippen LogP contribution >= 0.6 is 15.9 Å². The van der Waals surface area contributed by atoms with Gasteiger partial charge < -0.3 is 9.47 Å². The molecular formula is C12H13BrN2O5. The zero-order chi connectivity index (χ0) is 15.1. The first-order valence-corrected chi connectivity index (χ1v) is 6.26. The minimum absolute atomic E-state index is 0.316. The minimum Gasteiger partial charge on any atom is -0.496 e. The highest BCUT2D eigenvalue weighted by atomic mass is 79.9. The smallest absolute Gasteiger partial charge is 0.315 e. The van der Waals surface area contributed by atoms with Crippen molar-refractivity contribution in [3.05, 3.63) is 28.2 Å². The first-order chi connectivity index (χ1) is 9.47. The third-order valence-corrected chi connectivity index (χ3v) is 2.88. The molecule has 0 radical (unpaired) electrons. The van der Waals surface area contributed by atoms with E-state index in [1.807, 2.05) is 0 Å². The Morgan fingerprint density at radius 1 is 1.20 bits per heavy atom. The summed E-state index contributed by atoms with van der Waals surface area (Å²) in [6.45, 7) is 0. The van der Waals surface area contributed by atoms with Gasteiger partial charge in [-0.1, -0.05) is 0 Å². The Morgan fingerprint density at radius 2 is 1.90 bits per heavy atom. The second kappa shape index (κ2) is 7.49. The monoisotopic (exact) mass is 344 g/mol. The zero-order valence-corrected chi connectivity index (χ0v) is 12.4. The predicted octanol–water partition coefficient (Wildman–Crippen LogP) is 0.782. The topological polar surface area (TPSA) is 93.7 Å². The minimum atomic E-state index is -0.691. The van der Waals surface area contributed by atoms with E-state index in [4.69, 9.17) is 4.74 Å². The summed E-state index contributed by atoms with van der Waals surface area (Å²) in [6.07, 6.45) is -0.469. The average molecular weight is 345 g/mol. The van der Waals surface area contributed by atoms with Gasteiger partial charge in [-0.2, -0.15) is 0 Å². The summed E-state index contributed by atoms with van der Waals surface area (Å²) < 4.78 is 9.96. The fraction of sp³-hybridized carbons (Fsp3) is 0.250. The van der Waals surface area contributed by atoms with Gasteiger partial charge in [0.1, 0.15) is 12.2 Å². The van der Waals surface area contributed by atoms with Gasteiger partial charge in [-0.05, 0) is 34.1 Å². The van der Waals surface area contributed by atoms with Crippen LogP contribution in [0.2, 0.25) is 0 Å². The molecule has 108 valence electrons. The van der Waals surface area contributed by atoms with Gasteiger partial charge in [-0.15, -0.1) is 0 Å². The van der Waals surface area contributed by atoms with Crippen LogP contribution in [-0.2, 0) is 14.3 Å². The maximum atomic E-state index is 11.8. The average Bonchev–Trinajstić information content (AvgIpc) is 2.44. The van der Waals surface area contributed by atoms with Gasteiger partial charge in [0, 0.05) is 5.56 Å². The van der Waals surface area contributed by atoms with Gasteiger partial charge >= 0.3 is 5.97 Å². The van der Waals surface area contributed by atoms with Crippen molar-refractivity contribution in [3.8, 4) is 5.75 Å². The lowest BCUT2D eigenvalue weighted by atomic mass is 10.2. The van der Waals surface area contributed by atoms with Gasteiger partial charge in [-0.3, -0.25) is 25.2 Å². The standard InChI is InChI=1S/C12H13BrN2O5/c1-19-9-4-3-7(5-8(9)13)12(18)15-14-10(16)6-11(17)20-2/h3-5H,6H2,1-2H3,(H,14,16)(H,15,18). The molecule has 0 saturated heterocycles. The summed E-state index contributed by atoms with van der Waals surface area (Å²) in [4.78, 5) is 33.8. The Kier molecular flexibility index (Phi) is 5.98. The van der Waals surface area contributed by atoms with E-state index in [1.165, 1.54) is 20.3 Å². The van der Waals surface area contributed by atoms with Crippen molar-refractivity contribution in [2.45, 2.75) is 6.42 Å². The molecule has 0 bridgehead atoms. The van der Waals surface area contributed by atoms with Crippen molar-refractivity contribution in [2.75, 3.05) is 14.2 Å². The molecule has 1 aromatic carbocycles. The van der Waals surface area contributed by atoms with E-state index in [0.717, 1.165) is 0 Å². The van der Waals surface area contributed by atoms with Gasteiger partial charge in [0.05, 0.1) is 18.7 Å². The number of hydrogen-bond donors (Lipinski definition) is 2. The van der Waals surface area contributed by atoms with Crippen LogP contribution in [0, 0.1) is 0 Å². The van der Waals surface area contributed by atoms with Crippen molar-refractivity contribution in [1.29, 1.82) is 0 Å². The van der Waals surface area contributed by atoms with Crippen LogP contribution in [0.15, 0.2) is 22.7 Å². The van der Waals surface area contributed by atoms with E-state index in [-0.39, 0.29) is 0 Å². The van der Waals surface area contributed by atoms with Crippen LogP contribution in [0.25, 0.3) is 0 Å². The maximum Gasteiger partial charge on any atom is 0.315 e. The summed E-state index contributed by atoms with van der Waals surface area (Å²) in [5.74, 6) is -1.30. The third-order valence-electron chi connectivity index (χ3n) is 2.26. The van der Waals surface area contributed by atoms with Crippen LogP contribution in [-0.4, -0.2) is 32.0 Å². The molecular weight excluding hydrogens is 332 g/mol. The molecule has 7 nitrogen and oxygen atoms in total. The lowest BCUT2D eigenvalue weighted by Crippen LogP contribution is -2.42. The molecule has 0 fully saturated rings. The second-order valence-electron chi connectivity index (χ2n) is 3.60. The van der Waals surface area contributed by atoms with Gasteiger partial charge in [-0.25, -0.2) is 0 Å². The Balaban J connectivity index is 2.57. The summed E-state index contributed by atoms with van der Waals surface area (Å²) in [6, 6.07) is 4.68. The number of hydrogen-bond acceptors (Lipinski definition) is 5. The molecule has 0 atom stereocenters. The van der Waals surface area contributed by atoms with Crippen molar-refractivity contribution in [3.63, 3.8) is 0 Å². The second-order valence-corrected chi connectivity index (χ2v) is 4.46. The van der Waals surface area contributed by atoms with E-state index in [0.29, 0.717) is 15.8 Å². The Labute approximate surface area is 123 Å². The molecule has 0 aromatic heterocycles. The number of ether oxygens (including phenoxy) is 2. The van der Waals surface area contributed by atoms with Crippen LogP contribution in [0.4, 0.5) is 0 Å². The molecule has 1 aromatic rings. The molecule has 20 heavy (non-hydrogen) atoms. The molecule has 0 aliphatic rings. The molecule has 2 amide bonds. The number of nitrogens with one attached hydrogen (secondary N) is 2. The first kappa shape index (κ1) is 16.0. The van der Waals surface area contributed by atoms with Crippen LogP contribution < -0.4 is 15.6 Å². The maximum absolute atomic E-state index is 11.8. The largest absolute Gasteiger partial charge is 0.496 e. The molecule has 8 heteroatoms. The number of halogens is 1. The molecule has 0 aliphatic carbocycles. The molecule has 1 rings (SSSR count). The van der Waals surface area contributed by atoms with Crippen LogP contribution in [0.1, 0.15) is 16.8 Å². The van der Waals surface area contributed by atoms with Crippen molar-refractivity contribution < 1.29 is 23.9 Å². The molecule has 0 unspecified atom stereocenters. The number of esters is 1. The Hall–Kier alpha value is -2.09. The fourth-order valence-corrected chi connectivity index (χ4v) is 1.79. The first-order valence-electron chi connectivity index (χ1n) is 5.47. The lowest BCUT2D eigenvalue weighted by Gasteiger charge is -2.08. The quantitative estimate of drug-likeness (QED) is 0.478. The predicted molar refractivity (Wildman–Crippen MR) is 72.9 cm³/mol. The van der Waals surface area contributed by atoms with Crippen LogP contribution in [0.3, 0.4) is 0 Å². The van der Waals surface area contributed by atoms with E-state index < -0.39 is 24.2 Å². The number of amides is 2. The normalized spacial score (nSPS) is 9.55. The highest BCUT2D eigenvalue weighted by Gasteiger charge is 2.12. The number of rotatable bonds is 4. The van der Waals surface area contributed by atoms with Crippen LogP contribution in [0.5, 0.6) is 5.75 Å². The number of benzene rings is 1. The van der Waals surface area contributed by atoms with E-state index in [2.05, 4.69) is 31.5 Å². The highest BCUT2D eigenvalue weighted by molar-refractivity contribution is 9.10. The summed E-state index contributed by atoms with van der Waals surface area (Å²) >= 11 is 3.24. The molecule has 0 saturated carbocycles. The van der Waals surface area contributed by atoms with Gasteiger partial charge in [0.2, 0.25) is 5.91 Å². The lowest BCUT2D eigenvalue weighted by molar-refractivity contribution is -0.144.